The molecule has 0 spiro atoms. The van der Waals surface area contributed by atoms with Crippen molar-refractivity contribution in [3.8, 4) is 12.3 Å². The second-order valence-corrected chi connectivity index (χ2v) is 2.95. The van der Waals surface area contributed by atoms with Crippen LogP contribution in [0.5, 0.6) is 0 Å². The summed E-state index contributed by atoms with van der Waals surface area (Å²) >= 11 is 0. The van der Waals surface area contributed by atoms with Gasteiger partial charge in [-0.1, -0.05) is 36.3 Å². The molecule has 1 rings (SSSR count). The van der Waals surface area contributed by atoms with Gasteiger partial charge in [-0.2, -0.15) is 0 Å². The topological polar surface area (TPSA) is 26.3 Å². The van der Waals surface area contributed by atoms with Crippen LogP contribution in [0.1, 0.15) is 12.5 Å². The van der Waals surface area contributed by atoms with Gasteiger partial charge in [0.15, 0.2) is 6.10 Å². The molecule has 2 heteroatoms. The molecule has 0 bridgehead atoms. The highest BCUT2D eigenvalue weighted by atomic mass is 16.5. The number of benzene rings is 1. The van der Waals surface area contributed by atoms with Crippen LogP contribution >= 0.6 is 0 Å². The van der Waals surface area contributed by atoms with Gasteiger partial charge in [0.05, 0.1) is 0 Å². The van der Waals surface area contributed by atoms with Crippen LogP contribution in [0.2, 0.25) is 0 Å². The van der Waals surface area contributed by atoms with Crippen LogP contribution in [0.15, 0.2) is 30.3 Å². The zero-order chi connectivity index (χ0) is 10.4. The Morgan fingerprint density at radius 1 is 1.50 bits per heavy atom. The number of carbonyl (C=O) groups excluding carboxylic acids is 1. The molecule has 2 nitrogen and oxygen atoms in total. The van der Waals surface area contributed by atoms with E-state index in [9.17, 15) is 4.79 Å². The predicted octanol–water partition coefficient (Wildman–Crippen LogP) is 1.79. The summed E-state index contributed by atoms with van der Waals surface area (Å²) in [7, 11) is 0. The summed E-state index contributed by atoms with van der Waals surface area (Å²) in [4.78, 5) is 10.7. The molecule has 0 radical (unpaired) electrons. The molecule has 0 fully saturated rings. The van der Waals surface area contributed by atoms with Crippen molar-refractivity contribution in [1.29, 1.82) is 0 Å². The van der Waals surface area contributed by atoms with Gasteiger partial charge in [0, 0.05) is 13.3 Å². The van der Waals surface area contributed by atoms with Gasteiger partial charge in [0.2, 0.25) is 0 Å². The van der Waals surface area contributed by atoms with E-state index in [-0.39, 0.29) is 5.97 Å². The van der Waals surface area contributed by atoms with Gasteiger partial charge >= 0.3 is 5.97 Å². The highest BCUT2D eigenvalue weighted by Crippen LogP contribution is 2.05. The summed E-state index contributed by atoms with van der Waals surface area (Å²) in [5, 5.41) is 0. The fraction of sp³-hybridized carbons (Fsp3) is 0.250. The maximum Gasteiger partial charge on any atom is 0.303 e. The normalized spacial score (nSPS) is 11.4. The van der Waals surface area contributed by atoms with E-state index >= 15 is 0 Å². The van der Waals surface area contributed by atoms with Crippen LogP contribution in [-0.2, 0) is 16.0 Å². The first-order valence-electron chi connectivity index (χ1n) is 4.39. The summed E-state index contributed by atoms with van der Waals surface area (Å²) in [5.41, 5.74) is 1.07. The monoisotopic (exact) mass is 188 g/mol. The Kier molecular flexibility index (Phi) is 3.75. The van der Waals surface area contributed by atoms with Crippen LogP contribution in [0, 0.1) is 12.3 Å². The molecule has 14 heavy (non-hydrogen) atoms. The summed E-state index contributed by atoms with van der Waals surface area (Å²) in [6, 6.07) is 9.69. The number of hydrogen-bond donors (Lipinski definition) is 0. The van der Waals surface area contributed by atoms with E-state index in [4.69, 9.17) is 11.2 Å². The lowest BCUT2D eigenvalue weighted by Gasteiger charge is -2.10. The second-order valence-electron chi connectivity index (χ2n) is 2.95. The van der Waals surface area contributed by atoms with E-state index in [0.717, 1.165) is 5.56 Å². The van der Waals surface area contributed by atoms with Crippen LogP contribution in [-0.4, -0.2) is 12.1 Å². The molecule has 1 aromatic carbocycles. The molecule has 0 N–H and O–H groups in total. The number of rotatable bonds is 3. The zero-order valence-electron chi connectivity index (χ0n) is 8.07. The molecule has 0 saturated heterocycles. The van der Waals surface area contributed by atoms with Crippen LogP contribution < -0.4 is 0 Å². The molecule has 0 aliphatic heterocycles. The summed E-state index contributed by atoms with van der Waals surface area (Å²) in [6.07, 6.45) is 5.35. The average Bonchev–Trinajstić information content (AvgIpc) is 2.17. The lowest BCUT2D eigenvalue weighted by Crippen LogP contribution is -2.16. The van der Waals surface area contributed by atoms with Crippen molar-refractivity contribution in [3.05, 3.63) is 35.9 Å². The third kappa shape index (κ3) is 3.32. The van der Waals surface area contributed by atoms with E-state index in [1.54, 1.807) is 0 Å². The maximum absolute atomic E-state index is 10.7. The minimum absolute atomic E-state index is 0.344. The number of ether oxygens (including phenoxy) is 1. The largest absolute Gasteiger partial charge is 0.449 e. The maximum atomic E-state index is 10.7. The van der Waals surface area contributed by atoms with Gasteiger partial charge in [-0.05, 0) is 5.56 Å². The Morgan fingerprint density at radius 2 is 2.14 bits per heavy atom. The molecule has 0 amide bonds. The van der Waals surface area contributed by atoms with Gasteiger partial charge < -0.3 is 4.74 Å². The molecule has 1 unspecified atom stereocenters. The Labute approximate surface area is 83.9 Å². The number of hydrogen-bond acceptors (Lipinski definition) is 2. The molecular formula is C12H12O2. The van der Waals surface area contributed by atoms with Gasteiger partial charge in [0.25, 0.3) is 0 Å². The Balaban J connectivity index is 2.58. The van der Waals surface area contributed by atoms with E-state index < -0.39 is 6.10 Å². The Morgan fingerprint density at radius 3 is 2.64 bits per heavy atom. The summed E-state index contributed by atoms with van der Waals surface area (Å²) in [5.74, 6) is 2.10. The van der Waals surface area contributed by atoms with Crippen LogP contribution in [0.3, 0.4) is 0 Å². The fourth-order valence-electron chi connectivity index (χ4n) is 1.16. The highest BCUT2D eigenvalue weighted by Gasteiger charge is 2.08. The van der Waals surface area contributed by atoms with Crippen molar-refractivity contribution in [2.24, 2.45) is 0 Å². The van der Waals surface area contributed by atoms with E-state index in [1.165, 1.54) is 6.92 Å². The Hall–Kier alpha value is -1.75. The van der Waals surface area contributed by atoms with Gasteiger partial charge in [-0.15, -0.1) is 6.42 Å². The third-order valence-corrected chi connectivity index (χ3v) is 1.76. The molecule has 0 heterocycles. The highest BCUT2D eigenvalue weighted by molar-refractivity contribution is 5.66. The minimum Gasteiger partial charge on any atom is -0.449 e. The molecule has 0 aliphatic carbocycles. The van der Waals surface area contributed by atoms with Gasteiger partial charge in [0.1, 0.15) is 0 Å². The molecule has 1 aromatic rings. The Bertz CT molecular complexity index is 335. The lowest BCUT2D eigenvalue weighted by molar-refractivity contribution is -0.143. The van der Waals surface area contributed by atoms with Gasteiger partial charge in [-0.25, -0.2) is 0 Å². The van der Waals surface area contributed by atoms with E-state index in [1.807, 2.05) is 30.3 Å². The molecule has 1 atom stereocenters. The first-order valence-corrected chi connectivity index (χ1v) is 4.39. The van der Waals surface area contributed by atoms with Crippen molar-refractivity contribution in [1.82, 2.24) is 0 Å². The second kappa shape index (κ2) is 5.08. The first kappa shape index (κ1) is 10.3. The van der Waals surface area contributed by atoms with Gasteiger partial charge in [-0.3, -0.25) is 4.79 Å². The van der Waals surface area contributed by atoms with Crippen molar-refractivity contribution in [2.45, 2.75) is 19.4 Å². The molecule has 0 aromatic heterocycles. The lowest BCUT2D eigenvalue weighted by atomic mass is 10.1. The van der Waals surface area contributed by atoms with Crippen LogP contribution in [0.25, 0.3) is 0 Å². The SMILES string of the molecule is C#CC(Cc1ccccc1)OC(C)=O. The molecule has 0 aliphatic rings. The first-order chi connectivity index (χ1) is 6.72. The quantitative estimate of drug-likeness (QED) is 0.534. The number of carbonyl (C=O) groups is 1. The summed E-state index contributed by atoms with van der Waals surface area (Å²) in [6.45, 7) is 1.36. The smallest absolute Gasteiger partial charge is 0.303 e. The van der Waals surface area contributed by atoms with Crippen molar-refractivity contribution in [3.63, 3.8) is 0 Å². The van der Waals surface area contributed by atoms with E-state index in [2.05, 4.69) is 5.92 Å². The number of esters is 1. The zero-order valence-corrected chi connectivity index (χ0v) is 8.07. The van der Waals surface area contributed by atoms with E-state index in [0.29, 0.717) is 6.42 Å². The fourth-order valence-corrected chi connectivity index (χ4v) is 1.16. The number of terminal acetylenes is 1. The molecular weight excluding hydrogens is 176 g/mol. The predicted molar refractivity (Wildman–Crippen MR) is 54.5 cm³/mol. The van der Waals surface area contributed by atoms with Crippen molar-refractivity contribution < 1.29 is 9.53 Å². The van der Waals surface area contributed by atoms with Crippen molar-refractivity contribution in [2.75, 3.05) is 0 Å². The third-order valence-electron chi connectivity index (χ3n) is 1.76. The van der Waals surface area contributed by atoms with Crippen molar-refractivity contribution >= 4 is 5.97 Å². The molecule has 72 valence electrons. The minimum atomic E-state index is -0.463. The average molecular weight is 188 g/mol. The standard InChI is InChI=1S/C12H12O2/c1-3-12(14-10(2)13)9-11-7-5-4-6-8-11/h1,4-8,12H,9H2,2H3. The van der Waals surface area contributed by atoms with Crippen LogP contribution in [0.4, 0.5) is 0 Å². The molecule has 0 saturated carbocycles. The summed E-state index contributed by atoms with van der Waals surface area (Å²) < 4.78 is 4.93.